The number of aliphatic hydroxyl groups excluding tert-OH is 1. The van der Waals surface area contributed by atoms with E-state index in [2.05, 4.69) is 5.32 Å². The summed E-state index contributed by atoms with van der Waals surface area (Å²) < 4.78 is 10.9. The number of amides is 2. The number of rotatable bonds is 12. The summed E-state index contributed by atoms with van der Waals surface area (Å²) in [4.78, 5) is 28.1. The predicted molar refractivity (Wildman–Crippen MR) is 130 cm³/mol. The molecule has 0 bridgehead atoms. The van der Waals surface area contributed by atoms with Crippen molar-refractivity contribution in [3.05, 3.63) is 96.1 Å². The third-order valence-electron chi connectivity index (χ3n) is 5.30. The highest BCUT2D eigenvalue weighted by atomic mass is 16.5. The fourth-order valence-corrected chi connectivity index (χ4v) is 3.52. The zero-order valence-electron chi connectivity index (χ0n) is 19.2. The van der Waals surface area contributed by atoms with Crippen LogP contribution in [0.15, 0.2) is 84.9 Å². The maximum absolute atomic E-state index is 13.4. The first-order chi connectivity index (χ1) is 16.6. The fraction of sp³-hybridized carbons (Fsp3) is 0.259. The molecule has 0 fully saturated rings. The Labute approximate surface area is 199 Å². The number of carbonyl (C=O) groups excluding carboxylic acids is 2. The molecule has 2 amide bonds. The summed E-state index contributed by atoms with van der Waals surface area (Å²) in [5.41, 5.74) is 1.77. The standard InChI is InChI=1S/C27H30N2O5/c1-33-23-14-12-22(13-15-23)19-29(26(31)20-34-24-10-6-3-7-11-24)25(27(32)28-16-17-30)18-21-8-4-2-5-9-21/h2-15,25,30H,16-20H2,1H3,(H,28,32). The number of hydrogen-bond acceptors (Lipinski definition) is 5. The SMILES string of the molecule is COc1ccc(CN(C(=O)COc2ccccc2)C(Cc2ccccc2)C(=O)NCCO)cc1. The topological polar surface area (TPSA) is 88.1 Å². The monoisotopic (exact) mass is 462 g/mol. The van der Waals surface area contributed by atoms with E-state index in [9.17, 15) is 14.7 Å². The molecule has 0 saturated heterocycles. The minimum Gasteiger partial charge on any atom is -0.497 e. The van der Waals surface area contributed by atoms with Gasteiger partial charge >= 0.3 is 0 Å². The summed E-state index contributed by atoms with van der Waals surface area (Å²) >= 11 is 0. The Hall–Kier alpha value is -3.84. The van der Waals surface area contributed by atoms with Crippen molar-refractivity contribution >= 4 is 11.8 Å². The molecule has 3 rings (SSSR count). The van der Waals surface area contributed by atoms with Gasteiger partial charge < -0.3 is 24.8 Å². The van der Waals surface area contributed by atoms with Gasteiger partial charge in [-0.15, -0.1) is 0 Å². The second-order valence-corrected chi connectivity index (χ2v) is 7.69. The van der Waals surface area contributed by atoms with Crippen LogP contribution in [0, 0.1) is 0 Å². The fourth-order valence-electron chi connectivity index (χ4n) is 3.52. The molecule has 0 heterocycles. The molecule has 178 valence electrons. The van der Waals surface area contributed by atoms with Gasteiger partial charge in [0.2, 0.25) is 5.91 Å². The van der Waals surface area contributed by atoms with Crippen LogP contribution in [0.5, 0.6) is 11.5 Å². The van der Waals surface area contributed by atoms with Crippen LogP contribution in [0.25, 0.3) is 0 Å². The summed E-state index contributed by atoms with van der Waals surface area (Å²) in [7, 11) is 1.59. The first kappa shape index (κ1) is 24.8. The molecule has 1 unspecified atom stereocenters. The van der Waals surface area contributed by atoms with Crippen LogP contribution in [-0.4, -0.2) is 54.7 Å². The lowest BCUT2D eigenvalue weighted by atomic mass is 10.0. The second kappa shape index (κ2) is 13.0. The van der Waals surface area contributed by atoms with Crippen LogP contribution in [0.2, 0.25) is 0 Å². The third-order valence-corrected chi connectivity index (χ3v) is 5.30. The van der Waals surface area contributed by atoms with E-state index in [0.717, 1.165) is 11.1 Å². The average Bonchev–Trinajstić information content (AvgIpc) is 2.89. The first-order valence-corrected chi connectivity index (χ1v) is 11.1. The quantitative estimate of drug-likeness (QED) is 0.432. The van der Waals surface area contributed by atoms with Gasteiger partial charge in [0.25, 0.3) is 5.91 Å². The van der Waals surface area contributed by atoms with E-state index in [0.29, 0.717) is 17.9 Å². The van der Waals surface area contributed by atoms with Gasteiger partial charge in [-0.2, -0.15) is 0 Å². The van der Waals surface area contributed by atoms with Crippen molar-refractivity contribution in [2.45, 2.75) is 19.0 Å². The molecule has 0 spiro atoms. The lowest BCUT2D eigenvalue weighted by molar-refractivity contribution is -0.142. The van der Waals surface area contributed by atoms with Gasteiger partial charge in [0, 0.05) is 19.5 Å². The highest BCUT2D eigenvalue weighted by molar-refractivity contribution is 5.88. The number of carbonyl (C=O) groups is 2. The van der Waals surface area contributed by atoms with Crippen molar-refractivity contribution in [2.75, 3.05) is 26.9 Å². The summed E-state index contributed by atoms with van der Waals surface area (Å²) in [5.74, 6) is 0.624. The lowest BCUT2D eigenvalue weighted by Gasteiger charge is -2.31. The molecule has 3 aromatic rings. The zero-order chi connectivity index (χ0) is 24.2. The molecule has 0 aromatic heterocycles. The van der Waals surface area contributed by atoms with Crippen LogP contribution in [0.1, 0.15) is 11.1 Å². The number of nitrogens with one attached hydrogen (secondary N) is 1. The smallest absolute Gasteiger partial charge is 0.261 e. The van der Waals surface area contributed by atoms with Crippen LogP contribution >= 0.6 is 0 Å². The van der Waals surface area contributed by atoms with Crippen molar-refractivity contribution in [2.24, 2.45) is 0 Å². The van der Waals surface area contributed by atoms with Gasteiger partial charge in [0.05, 0.1) is 13.7 Å². The molecular formula is C27H30N2O5. The molecule has 7 nitrogen and oxygen atoms in total. The Morgan fingerprint density at radius 1 is 0.882 bits per heavy atom. The van der Waals surface area contributed by atoms with Gasteiger partial charge in [-0.25, -0.2) is 0 Å². The summed E-state index contributed by atoms with van der Waals surface area (Å²) in [6.45, 7) is -0.0771. The largest absolute Gasteiger partial charge is 0.497 e. The molecule has 1 atom stereocenters. The van der Waals surface area contributed by atoms with Gasteiger partial charge in [0.15, 0.2) is 6.61 Å². The van der Waals surface area contributed by atoms with E-state index in [1.165, 1.54) is 4.90 Å². The Kier molecular flexibility index (Phi) is 9.49. The molecule has 2 N–H and O–H groups in total. The van der Waals surface area contributed by atoms with E-state index < -0.39 is 6.04 Å². The Bertz CT molecular complexity index is 1030. The van der Waals surface area contributed by atoms with Crippen LogP contribution < -0.4 is 14.8 Å². The molecule has 7 heteroatoms. The number of hydrogen-bond donors (Lipinski definition) is 2. The highest BCUT2D eigenvalue weighted by Crippen LogP contribution is 2.18. The van der Waals surface area contributed by atoms with Crippen LogP contribution in [0.4, 0.5) is 0 Å². The summed E-state index contributed by atoms with van der Waals surface area (Å²) in [6, 6.07) is 25.2. The van der Waals surface area contributed by atoms with E-state index in [1.54, 1.807) is 19.2 Å². The number of nitrogens with zero attached hydrogens (tertiary/aromatic N) is 1. The molecule has 34 heavy (non-hydrogen) atoms. The van der Waals surface area contributed by atoms with Crippen molar-refractivity contribution in [3.8, 4) is 11.5 Å². The Morgan fingerprint density at radius 3 is 2.15 bits per heavy atom. The lowest BCUT2D eigenvalue weighted by Crippen LogP contribution is -2.52. The van der Waals surface area contributed by atoms with Gasteiger partial charge in [-0.1, -0.05) is 60.7 Å². The number of ether oxygens (including phenoxy) is 2. The Balaban J connectivity index is 1.88. The van der Waals surface area contributed by atoms with Crippen LogP contribution in [-0.2, 0) is 22.6 Å². The second-order valence-electron chi connectivity index (χ2n) is 7.69. The summed E-state index contributed by atoms with van der Waals surface area (Å²) in [6.07, 6.45) is 0.325. The molecule has 0 aliphatic rings. The number of aliphatic hydroxyl groups is 1. The highest BCUT2D eigenvalue weighted by Gasteiger charge is 2.30. The molecule has 0 saturated carbocycles. The maximum atomic E-state index is 13.4. The van der Waals surface area contributed by atoms with E-state index in [-0.39, 0.29) is 38.1 Å². The van der Waals surface area contributed by atoms with Crippen molar-refractivity contribution in [3.63, 3.8) is 0 Å². The maximum Gasteiger partial charge on any atom is 0.261 e. The normalized spacial score (nSPS) is 11.4. The molecular weight excluding hydrogens is 432 g/mol. The molecule has 3 aromatic carbocycles. The minimum absolute atomic E-state index is 0.106. The molecule has 0 radical (unpaired) electrons. The van der Waals surface area contributed by atoms with Crippen molar-refractivity contribution < 1.29 is 24.2 Å². The summed E-state index contributed by atoms with van der Waals surface area (Å²) in [5, 5.41) is 11.9. The molecule has 0 aliphatic carbocycles. The van der Waals surface area contributed by atoms with Gasteiger partial charge in [-0.3, -0.25) is 9.59 Å². The van der Waals surface area contributed by atoms with Gasteiger partial charge in [0.1, 0.15) is 17.5 Å². The van der Waals surface area contributed by atoms with Crippen molar-refractivity contribution in [1.29, 1.82) is 0 Å². The van der Waals surface area contributed by atoms with E-state index in [4.69, 9.17) is 9.47 Å². The zero-order valence-corrected chi connectivity index (χ0v) is 19.2. The Morgan fingerprint density at radius 2 is 1.53 bits per heavy atom. The van der Waals surface area contributed by atoms with Crippen molar-refractivity contribution in [1.82, 2.24) is 10.2 Å². The third kappa shape index (κ3) is 7.35. The van der Waals surface area contributed by atoms with E-state index >= 15 is 0 Å². The van der Waals surface area contributed by atoms with E-state index in [1.807, 2.05) is 72.8 Å². The first-order valence-electron chi connectivity index (χ1n) is 11.1. The molecule has 0 aliphatic heterocycles. The number of para-hydroxylation sites is 1. The number of methoxy groups -OCH3 is 1. The van der Waals surface area contributed by atoms with Crippen LogP contribution in [0.3, 0.4) is 0 Å². The average molecular weight is 463 g/mol. The number of benzene rings is 3. The predicted octanol–water partition coefficient (Wildman–Crippen LogP) is 2.82. The van der Waals surface area contributed by atoms with Gasteiger partial charge in [-0.05, 0) is 35.4 Å². The minimum atomic E-state index is -0.789.